The van der Waals surface area contributed by atoms with Gasteiger partial charge in [0.2, 0.25) is 5.88 Å². The Morgan fingerprint density at radius 1 is 1.16 bits per heavy atom. The first-order chi connectivity index (χ1) is 15.3. The molecule has 32 heavy (non-hydrogen) atoms. The number of nitrogens with two attached hydrogens (primary N) is 1. The smallest absolute Gasteiger partial charge is 0.205 e. The summed E-state index contributed by atoms with van der Waals surface area (Å²) in [5.74, 6) is -0.491. The number of nitrogens with zero attached hydrogens (tertiary/aromatic N) is 1. The maximum atomic E-state index is 13.6. The molecule has 2 aromatic carbocycles. The lowest BCUT2D eigenvalue weighted by Crippen LogP contribution is -2.33. The Kier molecular flexibility index (Phi) is 4.45. The van der Waals surface area contributed by atoms with Crippen molar-refractivity contribution in [3.63, 3.8) is 0 Å². The van der Waals surface area contributed by atoms with Crippen molar-refractivity contribution in [3.05, 3.63) is 82.7 Å². The van der Waals surface area contributed by atoms with Crippen LogP contribution in [0.2, 0.25) is 0 Å². The maximum Gasteiger partial charge on any atom is 0.205 e. The molecule has 160 valence electrons. The first-order valence-electron chi connectivity index (χ1n) is 10.5. The average Bonchev–Trinajstić information content (AvgIpc) is 3.11. The zero-order valence-electron chi connectivity index (χ0n) is 17.8. The number of nitrogens with one attached hydrogen (secondary N) is 1. The number of fused-ring (bicyclic) bond motifs is 1. The number of nitriles is 1. The van der Waals surface area contributed by atoms with Crippen molar-refractivity contribution in [1.29, 1.82) is 5.26 Å². The molecule has 0 amide bonds. The van der Waals surface area contributed by atoms with Crippen molar-refractivity contribution in [2.45, 2.75) is 32.6 Å². The van der Waals surface area contributed by atoms with Crippen LogP contribution in [0, 0.1) is 22.6 Å². The van der Waals surface area contributed by atoms with Crippen molar-refractivity contribution in [3.8, 4) is 17.3 Å². The minimum atomic E-state index is -0.663. The van der Waals surface area contributed by atoms with Gasteiger partial charge in [-0.05, 0) is 46.9 Å². The molecule has 1 aliphatic heterocycles. The molecule has 0 radical (unpaired) electrons. The number of halogens is 1. The molecule has 0 spiro atoms. The van der Waals surface area contributed by atoms with Gasteiger partial charge in [0.15, 0.2) is 5.78 Å². The maximum absolute atomic E-state index is 13.6. The largest absolute Gasteiger partial charge is 0.444 e. The summed E-state index contributed by atoms with van der Waals surface area (Å²) in [5.41, 5.74) is 9.76. The lowest BCUT2D eigenvalue weighted by atomic mass is 9.69. The number of carbonyl (C=O) groups is 1. The Bertz CT molecular complexity index is 1370. The Balaban J connectivity index is 1.83. The number of aromatic nitrogens is 1. The summed E-state index contributed by atoms with van der Waals surface area (Å²) in [6.45, 7) is 4.03. The number of hydrogen-bond donors (Lipinski definition) is 2. The van der Waals surface area contributed by atoms with Crippen LogP contribution in [0.1, 0.15) is 38.2 Å². The van der Waals surface area contributed by atoms with Gasteiger partial charge in [0.05, 0.1) is 11.6 Å². The summed E-state index contributed by atoms with van der Waals surface area (Å²) in [7, 11) is 0. The van der Waals surface area contributed by atoms with E-state index in [1.54, 1.807) is 12.1 Å². The van der Waals surface area contributed by atoms with Crippen LogP contribution in [-0.4, -0.2) is 10.8 Å². The van der Waals surface area contributed by atoms with Gasteiger partial charge in [-0.25, -0.2) is 4.39 Å². The lowest BCUT2D eigenvalue weighted by molar-refractivity contribution is -0.119. The molecule has 0 bridgehead atoms. The van der Waals surface area contributed by atoms with Gasteiger partial charge < -0.3 is 15.5 Å². The Hall–Kier alpha value is -3.85. The number of carbonyl (C=O) groups excluding carboxylic acids is 1. The molecule has 2 heterocycles. The van der Waals surface area contributed by atoms with Gasteiger partial charge in [0.25, 0.3) is 0 Å². The number of ketones is 1. The van der Waals surface area contributed by atoms with Crippen molar-refractivity contribution < 1.29 is 13.9 Å². The van der Waals surface area contributed by atoms with Crippen molar-refractivity contribution in [2.75, 3.05) is 0 Å². The van der Waals surface area contributed by atoms with Gasteiger partial charge in [0.1, 0.15) is 23.2 Å². The SMILES string of the molecule is CC1(C)CC(=O)C2=C(C1)OC(N)=C(C#N)C2c1c(-c2ccc(F)cc2)[nH]c2ccccc12. The second-order valence-corrected chi connectivity index (χ2v) is 9.17. The summed E-state index contributed by atoms with van der Waals surface area (Å²) in [6.07, 6.45) is 0.913. The third-order valence-electron chi connectivity index (χ3n) is 6.24. The van der Waals surface area contributed by atoms with Crippen LogP contribution < -0.4 is 5.73 Å². The fraction of sp³-hybridized carbons (Fsp3) is 0.231. The van der Waals surface area contributed by atoms with Crippen LogP contribution in [0.3, 0.4) is 0 Å². The highest BCUT2D eigenvalue weighted by Crippen LogP contribution is 2.51. The lowest BCUT2D eigenvalue weighted by Gasteiger charge is -2.37. The summed E-state index contributed by atoms with van der Waals surface area (Å²) < 4.78 is 19.5. The van der Waals surface area contributed by atoms with Gasteiger partial charge in [-0.1, -0.05) is 32.0 Å². The summed E-state index contributed by atoms with van der Waals surface area (Å²) >= 11 is 0. The molecule has 3 N–H and O–H groups in total. The Morgan fingerprint density at radius 2 is 1.88 bits per heavy atom. The quantitative estimate of drug-likeness (QED) is 0.571. The molecular weight excluding hydrogens is 405 g/mol. The first-order valence-corrected chi connectivity index (χ1v) is 10.5. The van der Waals surface area contributed by atoms with E-state index in [9.17, 15) is 14.4 Å². The third kappa shape index (κ3) is 3.09. The van der Waals surface area contributed by atoms with Gasteiger partial charge >= 0.3 is 0 Å². The van der Waals surface area contributed by atoms with E-state index >= 15 is 0 Å². The van der Waals surface area contributed by atoms with E-state index in [1.165, 1.54) is 12.1 Å². The molecule has 1 atom stereocenters. The van der Waals surface area contributed by atoms with Crippen LogP contribution in [0.5, 0.6) is 0 Å². The number of aromatic amines is 1. The molecule has 3 aromatic rings. The summed E-state index contributed by atoms with van der Waals surface area (Å²) in [6, 6.07) is 16.0. The van der Waals surface area contributed by atoms with E-state index in [4.69, 9.17) is 10.5 Å². The van der Waals surface area contributed by atoms with Gasteiger partial charge in [-0.15, -0.1) is 0 Å². The van der Waals surface area contributed by atoms with E-state index in [1.807, 2.05) is 38.1 Å². The molecule has 2 aliphatic rings. The monoisotopic (exact) mass is 427 g/mol. The van der Waals surface area contributed by atoms with Crippen LogP contribution in [-0.2, 0) is 9.53 Å². The van der Waals surface area contributed by atoms with Gasteiger partial charge in [-0.2, -0.15) is 5.26 Å². The second kappa shape index (κ2) is 7.10. The highest BCUT2D eigenvalue weighted by molar-refractivity contribution is 6.02. The molecule has 1 unspecified atom stereocenters. The molecule has 0 saturated heterocycles. The second-order valence-electron chi connectivity index (χ2n) is 9.17. The molecule has 6 heteroatoms. The normalized spacial score (nSPS) is 20.2. The molecule has 5 rings (SSSR count). The van der Waals surface area contributed by atoms with E-state index in [0.717, 1.165) is 27.7 Å². The number of H-pyrrole nitrogens is 1. The predicted octanol–water partition coefficient (Wildman–Crippen LogP) is 5.42. The van der Waals surface area contributed by atoms with Crippen LogP contribution in [0.25, 0.3) is 22.2 Å². The number of Topliss-reactive ketones (excluding diaryl/α,β-unsaturated/α-hetero) is 1. The van der Waals surface area contributed by atoms with E-state index < -0.39 is 5.92 Å². The van der Waals surface area contributed by atoms with Crippen LogP contribution in [0.4, 0.5) is 4.39 Å². The predicted molar refractivity (Wildman–Crippen MR) is 119 cm³/mol. The summed E-state index contributed by atoms with van der Waals surface area (Å²) in [5, 5.41) is 10.9. The van der Waals surface area contributed by atoms with Gasteiger partial charge in [-0.3, -0.25) is 4.79 Å². The Labute approximate surface area is 185 Å². The van der Waals surface area contributed by atoms with E-state index in [2.05, 4.69) is 11.1 Å². The minimum absolute atomic E-state index is 0.0251. The number of rotatable bonds is 2. The number of ether oxygens (including phenoxy) is 1. The fourth-order valence-electron chi connectivity index (χ4n) is 4.88. The van der Waals surface area contributed by atoms with Crippen molar-refractivity contribution in [2.24, 2.45) is 11.1 Å². The first kappa shape index (κ1) is 20.1. The molecule has 5 nitrogen and oxygen atoms in total. The van der Waals surface area contributed by atoms with Crippen molar-refractivity contribution >= 4 is 16.7 Å². The highest BCUT2D eigenvalue weighted by atomic mass is 19.1. The molecular formula is C26H22FN3O2. The van der Waals surface area contributed by atoms with E-state index in [0.29, 0.717) is 24.2 Å². The van der Waals surface area contributed by atoms with Crippen LogP contribution in [0.15, 0.2) is 71.3 Å². The Morgan fingerprint density at radius 3 is 2.59 bits per heavy atom. The topological polar surface area (TPSA) is 91.9 Å². The molecule has 1 aliphatic carbocycles. The number of benzene rings is 2. The summed E-state index contributed by atoms with van der Waals surface area (Å²) in [4.78, 5) is 16.8. The molecule has 1 aromatic heterocycles. The molecule has 0 saturated carbocycles. The van der Waals surface area contributed by atoms with E-state index in [-0.39, 0.29) is 28.5 Å². The number of hydrogen-bond acceptors (Lipinski definition) is 4. The minimum Gasteiger partial charge on any atom is -0.444 e. The zero-order chi connectivity index (χ0) is 22.6. The van der Waals surface area contributed by atoms with Crippen LogP contribution >= 0.6 is 0 Å². The van der Waals surface area contributed by atoms with Gasteiger partial charge in [0, 0.05) is 29.3 Å². The third-order valence-corrected chi connectivity index (χ3v) is 6.24. The standard InChI is InChI=1S/C26H22FN3O2/c1-26(2)11-19(31)23-20(12-26)32-25(29)17(13-28)21(23)22-16-5-3-4-6-18(16)30-24(22)14-7-9-15(27)10-8-14/h3-10,21,30H,11-12,29H2,1-2H3. The molecule has 0 fully saturated rings. The van der Waals surface area contributed by atoms with Crippen molar-refractivity contribution in [1.82, 2.24) is 4.98 Å². The number of para-hydroxylation sites is 1. The number of allylic oxidation sites excluding steroid dienone is 3. The highest BCUT2D eigenvalue weighted by Gasteiger charge is 2.44. The zero-order valence-corrected chi connectivity index (χ0v) is 17.8. The fourth-order valence-corrected chi connectivity index (χ4v) is 4.88. The average molecular weight is 427 g/mol.